The van der Waals surface area contributed by atoms with Crippen molar-refractivity contribution < 1.29 is 9.90 Å². The first-order chi connectivity index (χ1) is 9.65. The van der Waals surface area contributed by atoms with E-state index in [1.54, 1.807) is 4.90 Å². The van der Waals surface area contributed by atoms with Crippen LogP contribution in [0.25, 0.3) is 10.8 Å². The maximum atomic E-state index is 11.7. The number of rotatable bonds is 3. The monoisotopic (exact) mass is 269 g/mol. The highest BCUT2D eigenvalue weighted by Crippen LogP contribution is 2.22. The van der Waals surface area contributed by atoms with E-state index in [0.717, 1.165) is 6.42 Å². The number of benzene rings is 2. The standard InChI is InChI=1S/C17H19NO2/c1-12-5-6-13-3-2-4-14(15(13)11-12)9-10-18-16(19)7-8-17(18)20/h2-6,11,16,19H,7-10H2,1H3/t16-/m0/s1. The van der Waals surface area contributed by atoms with Crippen LogP contribution >= 0.6 is 0 Å². The second kappa shape index (κ2) is 5.25. The first-order valence-corrected chi connectivity index (χ1v) is 7.11. The third-order valence-corrected chi connectivity index (χ3v) is 4.05. The quantitative estimate of drug-likeness (QED) is 0.930. The summed E-state index contributed by atoms with van der Waals surface area (Å²) in [4.78, 5) is 13.3. The van der Waals surface area contributed by atoms with Gasteiger partial charge in [-0.2, -0.15) is 0 Å². The molecule has 104 valence electrons. The number of hydrogen-bond acceptors (Lipinski definition) is 2. The molecule has 3 rings (SSSR count). The van der Waals surface area contributed by atoms with Crippen molar-refractivity contribution in [2.75, 3.05) is 6.54 Å². The zero-order valence-corrected chi connectivity index (χ0v) is 11.7. The van der Waals surface area contributed by atoms with Crippen molar-refractivity contribution in [3.05, 3.63) is 47.5 Å². The minimum Gasteiger partial charge on any atom is -0.374 e. The smallest absolute Gasteiger partial charge is 0.224 e. The van der Waals surface area contributed by atoms with Crippen LogP contribution in [0.1, 0.15) is 24.0 Å². The predicted octanol–water partition coefficient (Wildman–Crippen LogP) is 2.63. The number of amides is 1. The SMILES string of the molecule is Cc1ccc2cccc(CCN3C(=O)CC[C@@H]3O)c2c1. The summed E-state index contributed by atoms with van der Waals surface area (Å²) in [6.45, 7) is 2.68. The number of likely N-dealkylation sites (tertiary alicyclic amines) is 1. The van der Waals surface area contributed by atoms with E-state index in [1.807, 2.05) is 0 Å². The molecule has 0 aromatic heterocycles. The Labute approximate surface area is 118 Å². The van der Waals surface area contributed by atoms with Gasteiger partial charge in [-0.3, -0.25) is 4.79 Å². The summed E-state index contributed by atoms with van der Waals surface area (Å²) < 4.78 is 0. The molecule has 0 unspecified atom stereocenters. The molecule has 2 aromatic rings. The number of aliphatic hydroxyl groups excluding tert-OH is 1. The summed E-state index contributed by atoms with van der Waals surface area (Å²) in [5.74, 6) is 0.0638. The molecule has 0 spiro atoms. The summed E-state index contributed by atoms with van der Waals surface area (Å²) >= 11 is 0. The number of carbonyl (C=O) groups is 1. The van der Waals surface area contributed by atoms with Crippen LogP contribution in [0.15, 0.2) is 36.4 Å². The Morgan fingerprint density at radius 3 is 2.90 bits per heavy atom. The number of carbonyl (C=O) groups excluding carboxylic acids is 1. The van der Waals surface area contributed by atoms with Gasteiger partial charge in [-0.15, -0.1) is 0 Å². The molecule has 0 aliphatic carbocycles. The Hall–Kier alpha value is -1.87. The average molecular weight is 269 g/mol. The molecule has 0 saturated carbocycles. The van der Waals surface area contributed by atoms with Crippen LogP contribution in [0.4, 0.5) is 0 Å². The molecular formula is C17H19NO2. The van der Waals surface area contributed by atoms with Gasteiger partial charge >= 0.3 is 0 Å². The Morgan fingerprint density at radius 1 is 1.30 bits per heavy atom. The largest absolute Gasteiger partial charge is 0.374 e. The van der Waals surface area contributed by atoms with Crippen LogP contribution in [0.2, 0.25) is 0 Å². The minimum atomic E-state index is -0.598. The van der Waals surface area contributed by atoms with Gasteiger partial charge in [0.1, 0.15) is 6.23 Å². The number of hydrogen-bond donors (Lipinski definition) is 1. The molecule has 1 fully saturated rings. The van der Waals surface area contributed by atoms with E-state index in [1.165, 1.54) is 21.9 Å². The molecular weight excluding hydrogens is 250 g/mol. The van der Waals surface area contributed by atoms with Crippen LogP contribution in [-0.2, 0) is 11.2 Å². The van der Waals surface area contributed by atoms with Crippen LogP contribution in [0.3, 0.4) is 0 Å². The molecule has 1 amide bonds. The van der Waals surface area contributed by atoms with Gasteiger partial charge in [0, 0.05) is 19.4 Å². The lowest BCUT2D eigenvalue weighted by Crippen LogP contribution is -2.34. The Morgan fingerprint density at radius 2 is 2.15 bits per heavy atom. The van der Waals surface area contributed by atoms with Crippen molar-refractivity contribution in [2.45, 2.75) is 32.4 Å². The highest BCUT2D eigenvalue weighted by atomic mass is 16.3. The lowest BCUT2D eigenvalue weighted by atomic mass is 10.00. The molecule has 1 saturated heterocycles. The summed E-state index contributed by atoms with van der Waals surface area (Å²) in [6, 6.07) is 12.7. The van der Waals surface area contributed by atoms with Gasteiger partial charge in [-0.25, -0.2) is 0 Å². The Balaban J connectivity index is 1.84. The van der Waals surface area contributed by atoms with E-state index in [4.69, 9.17) is 0 Å². The highest BCUT2D eigenvalue weighted by Gasteiger charge is 2.28. The summed E-state index contributed by atoms with van der Waals surface area (Å²) in [5, 5.41) is 12.3. The lowest BCUT2D eigenvalue weighted by molar-refractivity contribution is -0.133. The average Bonchev–Trinajstić information content (AvgIpc) is 2.76. The van der Waals surface area contributed by atoms with Crippen LogP contribution < -0.4 is 0 Å². The van der Waals surface area contributed by atoms with Crippen molar-refractivity contribution in [3.8, 4) is 0 Å². The van der Waals surface area contributed by atoms with E-state index < -0.39 is 6.23 Å². The summed E-state index contributed by atoms with van der Waals surface area (Å²) in [6.07, 6.45) is 1.21. The van der Waals surface area contributed by atoms with Crippen LogP contribution in [0.5, 0.6) is 0 Å². The normalized spacial score (nSPS) is 19.0. The second-order valence-corrected chi connectivity index (χ2v) is 5.50. The summed E-state index contributed by atoms with van der Waals surface area (Å²) in [5.41, 5.74) is 2.47. The number of fused-ring (bicyclic) bond motifs is 1. The molecule has 1 aliphatic rings. The molecule has 1 heterocycles. The van der Waals surface area contributed by atoms with Crippen LogP contribution in [-0.4, -0.2) is 28.7 Å². The topological polar surface area (TPSA) is 40.5 Å². The van der Waals surface area contributed by atoms with Gasteiger partial charge in [-0.05, 0) is 29.7 Å². The van der Waals surface area contributed by atoms with Crippen molar-refractivity contribution >= 4 is 16.7 Å². The maximum Gasteiger partial charge on any atom is 0.224 e. The molecule has 1 N–H and O–H groups in total. The number of aliphatic hydroxyl groups is 1. The molecule has 3 nitrogen and oxygen atoms in total. The fraction of sp³-hybridized carbons (Fsp3) is 0.353. The third-order valence-electron chi connectivity index (χ3n) is 4.05. The van der Waals surface area contributed by atoms with Gasteiger partial charge in [0.05, 0.1) is 0 Å². The van der Waals surface area contributed by atoms with Gasteiger partial charge in [-0.1, -0.05) is 42.0 Å². The summed E-state index contributed by atoms with van der Waals surface area (Å²) in [7, 11) is 0. The third kappa shape index (κ3) is 2.41. The highest BCUT2D eigenvalue weighted by molar-refractivity contribution is 5.86. The Bertz CT molecular complexity index is 650. The van der Waals surface area contributed by atoms with Crippen LogP contribution in [0, 0.1) is 6.92 Å². The fourth-order valence-electron chi connectivity index (χ4n) is 2.90. The number of nitrogens with zero attached hydrogens (tertiary/aromatic N) is 1. The molecule has 0 radical (unpaired) electrons. The van der Waals surface area contributed by atoms with Crippen molar-refractivity contribution in [3.63, 3.8) is 0 Å². The molecule has 1 aliphatic heterocycles. The molecule has 3 heteroatoms. The van der Waals surface area contributed by atoms with Crippen molar-refractivity contribution in [1.82, 2.24) is 4.90 Å². The van der Waals surface area contributed by atoms with Gasteiger partial charge < -0.3 is 10.0 Å². The molecule has 2 aromatic carbocycles. The zero-order chi connectivity index (χ0) is 14.1. The van der Waals surface area contributed by atoms with E-state index in [2.05, 4.69) is 43.3 Å². The molecule has 20 heavy (non-hydrogen) atoms. The lowest BCUT2D eigenvalue weighted by Gasteiger charge is -2.20. The van der Waals surface area contributed by atoms with E-state index >= 15 is 0 Å². The second-order valence-electron chi connectivity index (χ2n) is 5.50. The van der Waals surface area contributed by atoms with Gasteiger partial charge in [0.25, 0.3) is 0 Å². The first-order valence-electron chi connectivity index (χ1n) is 7.11. The Kier molecular flexibility index (Phi) is 3.45. The first kappa shape index (κ1) is 13.1. The minimum absolute atomic E-state index is 0.0638. The van der Waals surface area contributed by atoms with Crippen molar-refractivity contribution in [2.24, 2.45) is 0 Å². The molecule has 0 bridgehead atoms. The van der Waals surface area contributed by atoms with Crippen molar-refractivity contribution in [1.29, 1.82) is 0 Å². The maximum absolute atomic E-state index is 11.7. The van der Waals surface area contributed by atoms with E-state index in [0.29, 0.717) is 19.4 Å². The van der Waals surface area contributed by atoms with Gasteiger partial charge in [0.2, 0.25) is 5.91 Å². The van der Waals surface area contributed by atoms with Gasteiger partial charge in [0.15, 0.2) is 0 Å². The predicted molar refractivity (Wildman–Crippen MR) is 79.3 cm³/mol. The zero-order valence-electron chi connectivity index (χ0n) is 11.7. The fourth-order valence-corrected chi connectivity index (χ4v) is 2.90. The molecule has 1 atom stereocenters. The van der Waals surface area contributed by atoms with E-state index in [-0.39, 0.29) is 5.91 Å². The van der Waals surface area contributed by atoms with E-state index in [9.17, 15) is 9.90 Å². The number of aryl methyl sites for hydroxylation is 1.